The second-order valence-corrected chi connectivity index (χ2v) is 5.86. The van der Waals surface area contributed by atoms with E-state index in [9.17, 15) is 23.1 Å². The Morgan fingerprint density at radius 1 is 1.36 bits per heavy atom. The van der Waals surface area contributed by atoms with Crippen LogP contribution in [0, 0.1) is 0 Å². The van der Waals surface area contributed by atoms with Crippen LogP contribution in [0.1, 0.15) is 23.2 Å². The third-order valence-corrected chi connectivity index (χ3v) is 4.21. The Kier molecular flexibility index (Phi) is 4.79. The van der Waals surface area contributed by atoms with Crippen LogP contribution in [0.4, 0.5) is 18.9 Å². The zero-order valence-electron chi connectivity index (χ0n) is 11.2. The number of amides is 1. The maximum absolute atomic E-state index is 12.7. The van der Waals surface area contributed by atoms with E-state index in [1.807, 2.05) is 0 Å². The van der Waals surface area contributed by atoms with Gasteiger partial charge in [-0.1, -0.05) is 23.2 Å². The van der Waals surface area contributed by atoms with Crippen LogP contribution in [0.3, 0.4) is 0 Å². The molecule has 2 atom stereocenters. The summed E-state index contributed by atoms with van der Waals surface area (Å²) in [7, 11) is 0. The molecule has 1 fully saturated rings. The Labute approximate surface area is 134 Å². The molecule has 3 N–H and O–H groups in total. The lowest BCUT2D eigenvalue weighted by Gasteiger charge is -2.30. The summed E-state index contributed by atoms with van der Waals surface area (Å²) in [4.78, 5) is 13.4. The molecule has 2 rings (SSSR count). The number of halogens is 5. The Balaban J connectivity index is 2.29. The van der Waals surface area contributed by atoms with E-state index in [1.54, 1.807) is 0 Å². The minimum Gasteiger partial charge on any atom is -0.396 e. The fourth-order valence-corrected chi connectivity index (χ4v) is 2.95. The second-order valence-electron chi connectivity index (χ2n) is 5.05. The number of carbonyl (C=O) groups is 1. The molecule has 1 aromatic rings. The average Bonchev–Trinajstić information content (AvgIpc) is 2.90. The third-order valence-electron chi connectivity index (χ3n) is 3.59. The summed E-state index contributed by atoms with van der Waals surface area (Å²) >= 11 is 11.7. The van der Waals surface area contributed by atoms with Crippen molar-refractivity contribution in [1.82, 2.24) is 4.90 Å². The van der Waals surface area contributed by atoms with Gasteiger partial charge in [-0.15, -0.1) is 0 Å². The summed E-state index contributed by atoms with van der Waals surface area (Å²) in [6.45, 7) is 0.121. The molecule has 1 saturated heterocycles. The van der Waals surface area contributed by atoms with Crippen LogP contribution in [0.25, 0.3) is 0 Å². The largest absolute Gasteiger partial charge is 0.416 e. The lowest BCUT2D eigenvalue weighted by molar-refractivity contribution is -0.216. The summed E-state index contributed by atoms with van der Waals surface area (Å²) in [6.07, 6.45) is -6.93. The molecule has 122 valence electrons. The Hall–Kier alpha value is -1.18. The molecule has 1 aliphatic rings. The first kappa shape index (κ1) is 17.2. The molecule has 0 radical (unpaired) electrons. The first-order valence-corrected chi connectivity index (χ1v) is 7.18. The van der Waals surface area contributed by atoms with Crippen molar-refractivity contribution in [2.75, 3.05) is 12.3 Å². The number of nitrogens with zero attached hydrogens (tertiary/aromatic N) is 1. The zero-order valence-corrected chi connectivity index (χ0v) is 12.7. The molecule has 1 amide bonds. The SMILES string of the molecule is Nc1c(Cl)cc(C(=O)N2CCC[C@H]2[C@@H](O)C(F)(F)F)cc1Cl. The van der Waals surface area contributed by atoms with Crippen molar-refractivity contribution >= 4 is 34.8 Å². The predicted octanol–water partition coefficient (Wildman–Crippen LogP) is 3.10. The molecular weight excluding hydrogens is 344 g/mol. The van der Waals surface area contributed by atoms with Gasteiger partial charge in [0.15, 0.2) is 6.10 Å². The van der Waals surface area contributed by atoms with Gasteiger partial charge in [-0.2, -0.15) is 13.2 Å². The van der Waals surface area contributed by atoms with Crippen molar-refractivity contribution in [2.45, 2.75) is 31.2 Å². The standard InChI is InChI=1S/C13H13Cl2F3N2O2/c14-7-4-6(5-8(15)10(7)19)12(22)20-3-1-2-9(20)11(21)13(16,17)18/h4-5,9,11,21H,1-3,19H2/t9-,11+/m0/s1. The summed E-state index contributed by atoms with van der Waals surface area (Å²) < 4.78 is 38.0. The quantitative estimate of drug-likeness (QED) is 0.800. The van der Waals surface area contributed by atoms with Crippen molar-refractivity contribution in [3.05, 3.63) is 27.7 Å². The number of benzene rings is 1. The fourth-order valence-electron chi connectivity index (χ4n) is 2.46. The maximum Gasteiger partial charge on any atom is 0.416 e. The highest BCUT2D eigenvalue weighted by molar-refractivity contribution is 6.39. The minimum atomic E-state index is -4.79. The molecule has 1 aliphatic heterocycles. The van der Waals surface area contributed by atoms with Gasteiger partial charge in [0.25, 0.3) is 5.91 Å². The fraction of sp³-hybridized carbons (Fsp3) is 0.462. The van der Waals surface area contributed by atoms with Crippen molar-refractivity contribution in [3.63, 3.8) is 0 Å². The van der Waals surface area contributed by atoms with Crippen LogP contribution in [0.15, 0.2) is 12.1 Å². The Morgan fingerprint density at radius 3 is 2.41 bits per heavy atom. The van der Waals surface area contributed by atoms with E-state index in [4.69, 9.17) is 28.9 Å². The topological polar surface area (TPSA) is 66.6 Å². The number of aliphatic hydroxyl groups excluding tert-OH is 1. The van der Waals surface area contributed by atoms with E-state index in [0.717, 1.165) is 4.90 Å². The van der Waals surface area contributed by atoms with Crippen LogP contribution >= 0.6 is 23.2 Å². The monoisotopic (exact) mass is 356 g/mol. The van der Waals surface area contributed by atoms with Gasteiger partial charge < -0.3 is 15.7 Å². The van der Waals surface area contributed by atoms with Gasteiger partial charge in [-0.25, -0.2) is 0 Å². The highest BCUT2D eigenvalue weighted by atomic mass is 35.5. The zero-order chi connectivity index (χ0) is 16.7. The van der Waals surface area contributed by atoms with Gasteiger partial charge in [0.1, 0.15) is 0 Å². The highest BCUT2D eigenvalue weighted by Crippen LogP contribution is 2.33. The third kappa shape index (κ3) is 3.26. The van der Waals surface area contributed by atoms with Crippen molar-refractivity contribution in [2.24, 2.45) is 0 Å². The number of nitrogens with two attached hydrogens (primary N) is 1. The molecule has 22 heavy (non-hydrogen) atoms. The molecule has 1 heterocycles. The number of alkyl halides is 3. The molecule has 4 nitrogen and oxygen atoms in total. The van der Waals surface area contributed by atoms with E-state index < -0.39 is 24.2 Å². The molecule has 0 bridgehead atoms. The van der Waals surface area contributed by atoms with Gasteiger partial charge in [-0.3, -0.25) is 4.79 Å². The summed E-state index contributed by atoms with van der Waals surface area (Å²) in [5, 5.41) is 9.50. The van der Waals surface area contributed by atoms with Gasteiger partial charge in [-0.05, 0) is 25.0 Å². The number of nitrogen functional groups attached to an aromatic ring is 1. The Morgan fingerprint density at radius 2 is 1.91 bits per heavy atom. The van der Waals surface area contributed by atoms with E-state index in [-0.39, 0.29) is 34.3 Å². The predicted molar refractivity (Wildman–Crippen MR) is 77.0 cm³/mol. The number of anilines is 1. The van der Waals surface area contributed by atoms with E-state index in [2.05, 4.69) is 0 Å². The first-order valence-electron chi connectivity index (χ1n) is 6.43. The van der Waals surface area contributed by atoms with E-state index in [0.29, 0.717) is 6.42 Å². The summed E-state index contributed by atoms with van der Waals surface area (Å²) in [5.74, 6) is -0.672. The number of likely N-dealkylation sites (tertiary alicyclic amines) is 1. The van der Waals surface area contributed by atoms with Crippen LogP contribution < -0.4 is 5.73 Å². The maximum atomic E-state index is 12.7. The first-order chi connectivity index (χ1) is 10.1. The number of aliphatic hydroxyl groups is 1. The van der Waals surface area contributed by atoms with Crippen molar-refractivity contribution < 1.29 is 23.1 Å². The molecule has 0 saturated carbocycles. The van der Waals surface area contributed by atoms with E-state index in [1.165, 1.54) is 12.1 Å². The molecular formula is C13H13Cl2F3N2O2. The van der Waals surface area contributed by atoms with Crippen molar-refractivity contribution in [3.8, 4) is 0 Å². The summed E-state index contributed by atoms with van der Waals surface area (Å²) in [6, 6.07) is 1.18. The number of hydrogen-bond donors (Lipinski definition) is 2. The van der Waals surface area contributed by atoms with Gasteiger partial charge in [0.05, 0.1) is 21.8 Å². The normalized spacial score (nSPS) is 20.3. The highest BCUT2D eigenvalue weighted by Gasteiger charge is 2.48. The number of hydrogen-bond acceptors (Lipinski definition) is 3. The number of rotatable bonds is 2. The minimum absolute atomic E-state index is 0.0328. The molecule has 0 unspecified atom stereocenters. The van der Waals surface area contributed by atoms with Crippen LogP contribution in [-0.4, -0.2) is 40.8 Å². The van der Waals surface area contributed by atoms with Crippen molar-refractivity contribution in [1.29, 1.82) is 0 Å². The van der Waals surface area contributed by atoms with E-state index >= 15 is 0 Å². The smallest absolute Gasteiger partial charge is 0.396 e. The van der Waals surface area contributed by atoms with Gasteiger partial charge in [0.2, 0.25) is 0 Å². The lowest BCUT2D eigenvalue weighted by atomic mass is 10.1. The molecule has 1 aromatic carbocycles. The summed E-state index contributed by atoms with van der Waals surface area (Å²) in [5.41, 5.74) is 5.68. The van der Waals surface area contributed by atoms with Crippen LogP contribution in [0.2, 0.25) is 10.0 Å². The second kappa shape index (κ2) is 6.14. The Bertz CT molecular complexity index is 572. The molecule has 0 aliphatic carbocycles. The van der Waals surface area contributed by atoms with Gasteiger partial charge in [0, 0.05) is 12.1 Å². The lowest BCUT2D eigenvalue weighted by Crippen LogP contribution is -2.49. The molecule has 9 heteroatoms. The molecule has 0 aromatic heterocycles. The van der Waals surface area contributed by atoms with Crippen LogP contribution in [0.5, 0.6) is 0 Å². The average molecular weight is 357 g/mol. The van der Waals surface area contributed by atoms with Crippen LogP contribution in [-0.2, 0) is 0 Å². The van der Waals surface area contributed by atoms with Gasteiger partial charge >= 0.3 is 6.18 Å². The molecule has 0 spiro atoms. The number of carbonyl (C=O) groups excluding carboxylic acids is 1.